The normalized spacial score (nSPS) is 14.6. The van der Waals surface area contributed by atoms with Crippen LogP contribution in [0.4, 0.5) is 0 Å². The van der Waals surface area contributed by atoms with E-state index < -0.39 is 5.41 Å². The summed E-state index contributed by atoms with van der Waals surface area (Å²) in [6.45, 7) is 16.5. The summed E-state index contributed by atoms with van der Waals surface area (Å²) in [5.74, 6) is 0.0888. The molecule has 0 aromatic heterocycles. The highest BCUT2D eigenvalue weighted by Crippen LogP contribution is 2.45. The van der Waals surface area contributed by atoms with Crippen molar-refractivity contribution in [2.24, 2.45) is 16.7 Å². The van der Waals surface area contributed by atoms with Gasteiger partial charge in [-0.25, -0.2) is 0 Å². The predicted molar refractivity (Wildman–Crippen MR) is 88.7 cm³/mol. The smallest absolute Gasteiger partial charge is 0.312 e. The maximum atomic E-state index is 12.6. The maximum absolute atomic E-state index is 12.6. The Balaban J connectivity index is 2.81. The van der Waals surface area contributed by atoms with Gasteiger partial charge in [0.25, 0.3) is 0 Å². The molecular weight excluding hydrogens is 260 g/mol. The first-order valence-electron chi connectivity index (χ1n) is 7.51. The monoisotopic (exact) mass is 288 g/mol. The zero-order valence-electron chi connectivity index (χ0n) is 14.2. The van der Waals surface area contributed by atoms with Crippen molar-refractivity contribution in [3.63, 3.8) is 0 Å². The Bertz CT molecular complexity index is 491. The molecule has 2 nitrogen and oxygen atoms in total. The standard InChI is InChI=1S/C19H28O2/c1-8-15-9-11-16(12-10-15)13-21-17(20)19(7,14(2)3)18(4,5)6/h8-12,14H,1,13H2,2-7H3. The molecule has 0 N–H and O–H groups in total. The Hall–Kier alpha value is -1.57. The van der Waals surface area contributed by atoms with E-state index in [1.807, 2.05) is 31.2 Å². The first kappa shape index (κ1) is 17.5. The van der Waals surface area contributed by atoms with Gasteiger partial charge in [0, 0.05) is 0 Å². The molecule has 0 spiro atoms. The van der Waals surface area contributed by atoms with Crippen LogP contribution in [0.3, 0.4) is 0 Å². The topological polar surface area (TPSA) is 26.3 Å². The van der Waals surface area contributed by atoms with Crippen LogP contribution in [0.25, 0.3) is 6.08 Å². The van der Waals surface area contributed by atoms with E-state index in [2.05, 4.69) is 41.2 Å². The SMILES string of the molecule is C=Cc1ccc(COC(=O)C(C)(C(C)C)C(C)(C)C)cc1. The van der Waals surface area contributed by atoms with Gasteiger partial charge >= 0.3 is 5.97 Å². The van der Waals surface area contributed by atoms with Crippen molar-refractivity contribution in [3.05, 3.63) is 42.0 Å². The lowest BCUT2D eigenvalue weighted by Crippen LogP contribution is -2.45. The maximum Gasteiger partial charge on any atom is 0.312 e. The van der Waals surface area contributed by atoms with Crippen LogP contribution in [0, 0.1) is 16.7 Å². The van der Waals surface area contributed by atoms with Gasteiger partial charge in [-0.3, -0.25) is 4.79 Å². The molecule has 1 rings (SSSR count). The number of hydrogen-bond donors (Lipinski definition) is 0. The Morgan fingerprint density at radius 3 is 2.10 bits per heavy atom. The molecule has 1 aromatic rings. The highest BCUT2D eigenvalue weighted by molar-refractivity contribution is 5.77. The summed E-state index contributed by atoms with van der Waals surface area (Å²) in [5.41, 5.74) is 1.40. The summed E-state index contributed by atoms with van der Waals surface area (Å²) >= 11 is 0. The fourth-order valence-corrected chi connectivity index (χ4v) is 2.46. The third-order valence-electron chi connectivity index (χ3n) is 4.72. The number of carbonyl (C=O) groups excluding carboxylic acids is 1. The minimum Gasteiger partial charge on any atom is -0.460 e. The summed E-state index contributed by atoms with van der Waals surface area (Å²) in [6.07, 6.45) is 1.80. The molecule has 1 unspecified atom stereocenters. The van der Waals surface area contributed by atoms with Gasteiger partial charge in [0.15, 0.2) is 0 Å². The molecule has 1 aromatic carbocycles. The van der Waals surface area contributed by atoms with Crippen LogP contribution in [0.1, 0.15) is 52.7 Å². The minimum atomic E-state index is -0.506. The Kier molecular flexibility index (Phi) is 5.38. The van der Waals surface area contributed by atoms with Gasteiger partial charge in [-0.2, -0.15) is 0 Å². The van der Waals surface area contributed by atoms with Crippen LogP contribution in [0.5, 0.6) is 0 Å². The number of hydrogen-bond acceptors (Lipinski definition) is 2. The van der Waals surface area contributed by atoms with Crippen molar-refractivity contribution in [1.82, 2.24) is 0 Å². The van der Waals surface area contributed by atoms with Gasteiger partial charge in [0.05, 0.1) is 5.41 Å². The van der Waals surface area contributed by atoms with Crippen LogP contribution in [-0.2, 0) is 16.1 Å². The van der Waals surface area contributed by atoms with E-state index in [1.165, 1.54) is 0 Å². The average Bonchev–Trinajstić information content (AvgIpc) is 2.42. The second-order valence-corrected chi connectivity index (χ2v) is 7.13. The van der Waals surface area contributed by atoms with Gasteiger partial charge in [-0.15, -0.1) is 0 Å². The fraction of sp³-hybridized carbons (Fsp3) is 0.526. The third-order valence-corrected chi connectivity index (χ3v) is 4.72. The molecular formula is C19H28O2. The Morgan fingerprint density at radius 2 is 1.71 bits per heavy atom. The van der Waals surface area contributed by atoms with E-state index in [0.29, 0.717) is 6.61 Å². The van der Waals surface area contributed by atoms with Gasteiger partial charge in [-0.1, -0.05) is 71.5 Å². The molecule has 2 heteroatoms. The highest BCUT2D eigenvalue weighted by atomic mass is 16.5. The van der Waals surface area contributed by atoms with Gasteiger partial charge in [0.2, 0.25) is 0 Å². The second kappa shape index (κ2) is 6.46. The Labute approximate surface area is 129 Å². The molecule has 0 bridgehead atoms. The first-order valence-corrected chi connectivity index (χ1v) is 7.51. The molecule has 21 heavy (non-hydrogen) atoms. The molecule has 0 heterocycles. The largest absolute Gasteiger partial charge is 0.460 e. The number of ether oxygens (including phenoxy) is 1. The molecule has 0 aliphatic heterocycles. The zero-order valence-corrected chi connectivity index (χ0v) is 14.2. The predicted octanol–water partition coefficient (Wildman–Crippen LogP) is 5.08. The lowest BCUT2D eigenvalue weighted by Gasteiger charge is -2.42. The van der Waals surface area contributed by atoms with Crippen molar-refractivity contribution in [2.45, 2.75) is 48.1 Å². The zero-order chi connectivity index (χ0) is 16.3. The molecule has 0 amide bonds. The van der Waals surface area contributed by atoms with E-state index >= 15 is 0 Å². The lowest BCUT2D eigenvalue weighted by molar-refractivity contribution is -0.167. The van der Waals surface area contributed by atoms with Crippen LogP contribution in [-0.4, -0.2) is 5.97 Å². The van der Waals surface area contributed by atoms with Crippen LogP contribution < -0.4 is 0 Å². The second-order valence-electron chi connectivity index (χ2n) is 7.13. The molecule has 0 saturated heterocycles. The van der Waals surface area contributed by atoms with Gasteiger partial charge in [0.1, 0.15) is 6.61 Å². The summed E-state index contributed by atoms with van der Waals surface area (Å²) in [5, 5.41) is 0. The average molecular weight is 288 g/mol. The number of esters is 1. The van der Waals surface area contributed by atoms with E-state index in [9.17, 15) is 4.79 Å². The van der Waals surface area contributed by atoms with Gasteiger partial charge in [-0.05, 0) is 29.4 Å². The summed E-state index contributed by atoms with van der Waals surface area (Å²) in [6, 6.07) is 7.88. The Morgan fingerprint density at radius 1 is 1.19 bits per heavy atom. The number of carbonyl (C=O) groups is 1. The third kappa shape index (κ3) is 3.75. The van der Waals surface area contributed by atoms with Crippen molar-refractivity contribution in [1.29, 1.82) is 0 Å². The van der Waals surface area contributed by atoms with E-state index in [4.69, 9.17) is 4.74 Å². The molecule has 0 saturated carbocycles. The first-order chi connectivity index (χ1) is 9.62. The lowest BCUT2D eigenvalue weighted by atomic mass is 9.62. The highest BCUT2D eigenvalue weighted by Gasteiger charge is 2.47. The van der Waals surface area contributed by atoms with Crippen molar-refractivity contribution in [3.8, 4) is 0 Å². The summed E-state index contributed by atoms with van der Waals surface area (Å²) < 4.78 is 5.59. The molecule has 0 aliphatic carbocycles. The van der Waals surface area contributed by atoms with E-state index in [1.54, 1.807) is 6.08 Å². The van der Waals surface area contributed by atoms with E-state index in [0.717, 1.165) is 11.1 Å². The minimum absolute atomic E-state index is 0.127. The van der Waals surface area contributed by atoms with E-state index in [-0.39, 0.29) is 17.3 Å². The van der Waals surface area contributed by atoms with Gasteiger partial charge < -0.3 is 4.74 Å². The van der Waals surface area contributed by atoms with Crippen LogP contribution in [0.15, 0.2) is 30.8 Å². The van der Waals surface area contributed by atoms with Crippen molar-refractivity contribution in [2.75, 3.05) is 0 Å². The molecule has 1 atom stereocenters. The fourth-order valence-electron chi connectivity index (χ4n) is 2.46. The summed E-state index contributed by atoms with van der Waals surface area (Å²) in [4.78, 5) is 12.6. The van der Waals surface area contributed by atoms with Crippen molar-refractivity contribution < 1.29 is 9.53 Å². The molecule has 0 fully saturated rings. The number of benzene rings is 1. The van der Waals surface area contributed by atoms with Crippen LogP contribution in [0.2, 0.25) is 0 Å². The number of rotatable bonds is 5. The summed E-state index contributed by atoms with van der Waals surface area (Å²) in [7, 11) is 0. The quantitative estimate of drug-likeness (QED) is 0.706. The molecule has 0 radical (unpaired) electrons. The van der Waals surface area contributed by atoms with Crippen LogP contribution >= 0.6 is 0 Å². The molecule has 116 valence electrons. The molecule has 0 aliphatic rings. The van der Waals surface area contributed by atoms with Crippen molar-refractivity contribution >= 4 is 12.0 Å².